The zero-order valence-electron chi connectivity index (χ0n) is 8.17. The molecule has 0 fully saturated rings. The van der Waals surface area contributed by atoms with Gasteiger partial charge in [0.05, 0.1) is 22.3 Å². The molecule has 0 aromatic heterocycles. The lowest BCUT2D eigenvalue weighted by molar-refractivity contribution is 0.167. The van der Waals surface area contributed by atoms with Crippen LogP contribution in [0.1, 0.15) is 0 Å². The number of amides is 1. The van der Waals surface area contributed by atoms with E-state index in [0.29, 0.717) is 15.7 Å². The molecule has 0 aliphatic rings. The Labute approximate surface area is 98.5 Å². The second-order valence-electron chi connectivity index (χ2n) is 2.75. The van der Waals surface area contributed by atoms with Crippen LogP contribution in [0.5, 0.6) is 0 Å². The van der Waals surface area contributed by atoms with Gasteiger partial charge in [0.1, 0.15) is 0 Å². The quantitative estimate of drug-likeness (QED) is 0.801. The Morgan fingerprint density at radius 3 is 2.80 bits per heavy atom. The number of rotatable bonds is 2. The molecule has 0 atom stereocenters. The van der Waals surface area contributed by atoms with E-state index in [0.717, 1.165) is 0 Å². The van der Waals surface area contributed by atoms with Crippen molar-refractivity contribution < 1.29 is 9.53 Å². The summed E-state index contributed by atoms with van der Waals surface area (Å²) in [7, 11) is 1.55. The third-order valence-corrected chi connectivity index (χ3v) is 2.60. The molecule has 5 heteroatoms. The summed E-state index contributed by atoms with van der Waals surface area (Å²) >= 11 is 11.8. The van der Waals surface area contributed by atoms with Gasteiger partial charge in [-0.3, -0.25) is 4.90 Å². The van der Waals surface area contributed by atoms with Gasteiger partial charge in [0.2, 0.25) is 0 Å². The minimum absolute atomic E-state index is 0.0708. The number of anilines is 1. The van der Waals surface area contributed by atoms with Crippen LogP contribution in [0.25, 0.3) is 0 Å². The molecule has 1 radical (unpaired) electrons. The van der Waals surface area contributed by atoms with Crippen LogP contribution in [0.4, 0.5) is 10.5 Å². The molecule has 0 N–H and O–H groups in total. The molecule has 15 heavy (non-hydrogen) atoms. The topological polar surface area (TPSA) is 29.5 Å². The molecule has 0 spiro atoms. The van der Waals surface area contributed by atoms with Crippen molar-refractivity contribution in [2.75, 3.05) is 18.6 Å². The molecule has 0 bridgehead atoms. The summed E-state index contributed by atoms with van der Waals surface area (Å²) < 4.78 is 4.73. The number of hydrogen-bond acceptors (Lipinski definition) is 2. The molecule has 0 aliphatic carbocycles. The average Bonchev–Trinajstić information content (AvgIpc) is 2.21. The fourth-order valence-electron chi connectivity index (χ4n) is 1.03. The molecular formula is C10H10Cl2NO2. The smallest absolute Gasteiger partial charge is 0.414 e. The van der Waals surface area contributed by atoms with E-state index < -0.39 is 6.09 Å². The van der Waals surface area contributed by atoms with Crippen molar-refractivity contribution in [2.45, 2.75) is 0 Å². The van der Waals surface area contributed by atoms with Crippen LogP contribution in [-0.2, 0) is 4.74 Å². The summed E-state index contributed by atoms with van der Waals surface area (Å²) in [6.07, 6.45) is -0.519. The Morgan fingerprint density at radius 2 is 2.20 bits per heavy atom. The fraction of sp³-hybridized carbons (Fsp3) is 0.200. The number of hydrogen-bond donors (Lipinski definition) is 0. The Hall–Kier alpha value is -0.930. The van der Waals surface area contributed by atoms with Gasteiger partial charge in [-0.05, 0) is 19.1 Å². The standard InChI is InChI=1S/C10H10Cl2NO2/c1-3-15-10(14)13(2)8-6-4-5-7(11)9(8)12/h4-6H,1,3H2,2H3. The van der Waals surface area contributed by atoms with Gasteiger partial charge in [-0.1, -0.05) is 29.3 Å². The highest BCUT2D eigenvalue weighted by Gasteiger charge is 2.15. The Morgan fingerprint density at radius 1 is 1.53 bits per heavy atom. The van der Waals surface area contributed by atoms with E-state index in [-0.39, 0.29) is 6.61 Å². The maximum atomic E-state index is 11.4. The molecule has 1 aromatic carbocycles. The summed E-state index contributed by atoms with van der Waals surface area (Å²) in [6, 6.07) is 5.03. The van der Waals surface area contributed by atoms with Crippen LogP contribution in [-0.4, -0.2) is 19.7 Å². The van der Waals surface area contributed by atoms with Crippen molar-refractivity contribution in [2.24, 2.45) is 0 Å². The highest BCUT2D eigenvalue weighted by molar-refractivity contribution is 6.44. The number of halogens is 2. The van der Waals surface area contributed by atoms with Gasteiger partial charge in [0.15, 0.2) is 0 Å². The van der Waals surface area contributed by atoms with Crippen molar-refractivity contribution in [3.05, 3.63) is 35.2 Å². The highest BCUT2D eigenvalue weighted by Crippen LogP contribution is 2.31. The van der Waals surface area contributed by atoms with Crippen molar-refractivity contribution in [1.29, 1.82) is 0 Å². The van der Waals surface area contributed by atoms with E-state index in [9.17, 15) is 4.79 Å². The first-order chi connectivity index (χ1) is 7.07. The van der Waals surface area contributed by atoms with Crippen molar-refractivity contribution in [3.63, 3.8) is 0 Å². The van der Waals surface area contributed by atoms with Gasteiger partial charge in [-0.25, -0.2) is 4.79 Å². The second-order valence-corrected chi connectivity index (χ2v) is 3.53. The summed E-state index contributed by atoms with van der Waals surface area (Å²) in [5.74, 6) is 0. The molecule has 0 unspecified atom stereocenters. The fourth-order valence-corrected chi connectivity index (χ4v) is 1.46. The Balaban J connectivity index is 2.96. The van der Waals surface area contributed by atoms with Crippen molar-refractivity contribution in [3.8, 4) is 0 Å². The van der Waals surface area contributed by atoms with Crippen molar-refractivity contribution in [1.82, 2.24) is 0 Å². The zero-order valence-corrected chi connectivity index (χ0v) is 9.68. The zero-order chi connectivity index (χ0) is 11.4. The second kappa shape index (κ2) is 5.24. The minimum Gasteiger partial charge on any atom is -0.449 e. The molecular weight excluding hydrogens is 237 g/mol. The van der Waals surface area contributed by atoms with Gasteiger partial charge in [0, 0.05) is 7.05 Å². The molecule has 1 rings (SSSR count). The molecule has 1 aromatic rings. The molecule has 81 valence electrons. The van der Waals surface area contributed by atoms with E-state index in [2.05, 4.69) is 6.92 Å². The van der Waals surface area contributed by atoms with E-state index in [1.807, 2.05) is 0 Å². The van der Waals surface area contributed by atoms with Crippen LogP contribution >= 0.6 is 23.2 Å². The monoisotopic (exact) mass is 246 g/mol. The Kier molecular flexibility index (Phi) is 4.24. The molecule has 1 amide bonds. The van der Waals surface area contributed by atoms with Crippen LogP contribution in [0.15, 0.2) is 18.2 Å². The summed E-state index contributed by atoms with van der Waals surface area (Å²) in [5.41, 5.74) is 0.502. The molecule has 0 aliphatic heterocycles. The summed E-state index contributed by atoms with van der Waals surface area (Å²) in [4.78, 5) is 12.6. The van der Waals surface area contributed by atoms with Crippen molar-refractivity contribution >= 4 is 35.0 Å². The lowest BCUT2D eigenvalue weighted by atomic mass is 10.3. The predicted octanol–water partition coefficient (Wildman–Crippen LogP) is 3.40. The molecule has 3 nitrogen and oxygen atoms in total. The predicted molar refractivity (Wildman–Crippen MR) is 61.6 cm³/mol. The number of nitrogens with zero attached hydrogens (tertiary/aromatic N) is 1. The van der Waals surface area contributed by atoms with E-state index in [4.69, 9.17) is 27.9 Å². The first kappa shape index (κ1) is 12.1. The normalized spacial score (nSPS) is 9.87. The first-order valence-corrected chi connectivity index (χ1v) is 4.97. The van der Waals surface area contributed by atoms with E-state index in [1.54, 1.807) is 25.2 Å². The Bertz CT molecular complexity index is 368. The SMILES string of the molecule is [CH2]COC(=O)N(C)c1cccc(Cl)c1Cl. The number of benzene rings is 1. The molecule has 0 saturated carbocycles. The number of carbonyl (C=O) groups is 1. The van der Waals surface area contributed by atoms with Crippen LogP contribution in [0.2, 0.25) is 10.0 Å². The minimum atomic E-state index is -0.519. The maximum Gasteiger partial charge on any atom is 0.414 e. The third-order valence-electron chi connectivity index (χ3n) is 1.79. The lowest BCUT2D eigenvalue weighted by Crippen LogP contribution is -2.27. The van der Waals surface area contributed by atoms with Gasteiger partial charge in [0.25, 0.3) is 0 Å². The maximum absolute atomic E-state index is 11.4. The third kappa shape index (κ3) is 2.76. The summed E-state index contributed by atoms with van der Waals surface area (Å²) in [5, 5.41) is 0.714. The molecule has 0 saturated heterocycles. The lowest BCUT2D eigenvalue weighted by Gasteiger charge is -2.18. The van der Waals surface area contributed by atoms with Gasteiger partial charge in [-0.15, -0.1) is 0 Å². The van der Waals surface area contributed by atoms with Crippen LogP contribution < -0.4 is 4.90 Å². The number of carbonyl (C=O) groups excluding carboxylic acids is 1. The van der Waals surface area contributed by atoms with E-state index in [1.165, 1.54) is 4.90 Å². The van der Waals surface area contributed by atoms with Gasteiger partial charge in [-0.2, -0.15) is 0 Å². The van der Waals surface area contributed by atoms with Crippen LogP contribution in [0.3, 0.4) is 0 Å². The van der Waals surface area contributed by atoms with Crippen LogP contribution in [0, 0.1) is 6.92 Å². The number of ether oxygens (including phenoxy) is 1. The largest absolute Gasteiger partial charge is 0.449 e. The first-order valence-electron chi connectivity index (χ1n) is 4.21. The summed E-state index contributed by atoms with van der Waals surface area (Å²) in [6.45, 7) is 3.48. The van der Waals surface area contributed by atoms with Gasteiger partial charge >= 0.3 is 6.09 Å². The van der Waals surface area contributed by atoms with Gasteiger partial charge < -0.3 is 4.74 Å². The van der Waals surface area contributed by atoms with E-state index >= 15 is 0 Å². The highest BCUT2D eigenvalue weighted by atomic mass is 35.5. The average molecular weight is 247 g/mol. The molecule has 0 heterocycles.